The number of amides is 2. The summed E-state index contributed by atoms with van der Waals surface area (Å²) in [6, 6.07) is 19.1. The minimum Gasteiger partial charge on any atom is -0.378 e. The quantitative estimate of drug-likeness (QED) is 0.329. The third kappa shape index (κ3) is 5.07. The summed E-state index contributed by atoms with van der Waals surface area (Å²) in [7, 11) is 7.87. The summed E-state index contributed by atoms with van der Waals surface area (Å²) in [6.45, 7) is 0. The molecule has 2 aromatic carbocycles. The number of aromatic amines is 2. The van der Waals surface area contributed by atoms with E-state index in [1.54, 1.807) is 12.1 Å². The topological polar surface area (TPSA) is 122 Å². The van der Waals surface area contributed by atoms with Crippen molar-refractivity contribution in [2.45, 2.75) is 0 Å². The highest BCUT2D eigenvalue weighted by atomic mass is 16.2. The Hall–Kier alpha value is -4.60. The van der Waals surface area contributed by atoms with Crippen LogP contribution in [0, 0.1) is 0 Å². The lowest BCUT2D eigenvalue weighted by molar-refractivity contribution is -0.133. The van der Waals surface area contributed by atoms with Crippen LogP contribution in [0.4, 0.5) is 23.0 Å². The molecule has 0 aliphatic carbocycles. The number of aromatic nitrogens is 4. The van der Waals surface area contributed by atoms with Gasteiger partial charge in [-0.3, -0.25) is 19.8 Å². The maximum absolute atomic E-state index is 12.3. The molecular formula is C24H26N8O2. The predicted octanol–water partition coefficient (Wildman–Crippen LogP) is 3.18. The highest BCUT2D eigenvalue weighted by molar-refractivity contribution is 6.43. The summed E-state index contributed by atoms with van der Waals surface area (Å²) in [5.74, 6) is -1.20. The minimum absolute atomic E-state index is 0.246. The van der Waals surface area contributed by atoms with E-state index in [1.165, 1.54) is 0 Å². The number of H-pyrrole nitrogens is 2. The third-order valence-corrected chi connectivity index (χ3v) is 5.23. The molecule has 2 amide bonds. The summed E-state index contributed by atoms with van der Waals surface area (Å²) in [5.41, 5.74) is 5.40. The van der Waals surface area contributed by atoms with Gasteiger partial charge in [0.2, 0.25) is 0 Å². The zero-order chi connectivity index (χ0) is 24.2. The predicted molar refractivity (Wildman–Crippen MR) is 134 cm³/mol. The van der Waals surface area contributed by atoms with Crippen LogP contribution < -0.4 is 20.4 Å². The van der Waals surface area contributed by atoms with Gasteiger partial charge in [-0.15, -0.1) is 0 Å². The average Bonchev–Trinajstić information content (AvgIpc) is 3.49. The number of hydrogen-bond acceptors (Lipinski definition) is 6. The number of benzene rings is 2. The number of rotatable bonds is 6. The first-order valence-electron chi connectivity index (χ1n) is 10.6. The van der Waals surface area contributed by atoms with Gasteiger partial charge in [-0.05, 0) is 35.4 Å². The zero-order valence-electron chi connectivity index (χ0n) is 19.4. The second-order valence-corrected chi connectivity index (χ2v) is 8.12. The molecule has 10 nitrogen and oxygen atoms in total. The average molecular weight is 459 g/mol. The van der Waals surface area contributed by atoms with Crippen molar-refractivity contribution >= 4 is 34.8 Å². The molecule has 0 radical (unpaired) electrons. The standard InChI is InChI=1S/C24H26N8O2/c1-31(2)17-9-5-15(6-10-17)19-13-21(29-27-19)25-23(33)24(34)26-22-14-20(28-30-22)16-7-11-18(12-8-16)32(3)4/h5-14H,1-4H3,(H2,25,27,29,33)(H2,26,28,30,34). The molecule has 4 N–H and O–H groups in total. The number of nitrogens with one attached hydrogen (secondary N) is 4. The van der Waals surface area contributed by atoms with Crippen molar-refractivity contribution in [3.05, 3.63) is 60.7 Å². The first kappa shape index (κ1) is 22.6. The van der Waals surface area contributed by atoms with Gasteiger partial charge in [-0.2, -0.15) is 10.2 Å². The van der Waals surface area contributed by atoms with Gasteiger partial charge in [0.25, 0.3) is 0 Å². The summed E-state index contributed by atoms with van der Waals surface area (Å²) < 4.78 is 0. The Morgan fingerprint density at radius 3 is 1.32 bits per heavy atom. The molecule has 174 valence electrons. The van der Waals surface area contributed by atoms with Crippen LogP contribution in [0.3, 0.4) is 0 Å². The van der Waals surface area contributed by atoms with E-state index >= 15 is 0 Å². The van der Waals surface area contributed by atoms with Crippen LogP contribution in [0.25, 0.3) is 22.5 Å². The molecule has 0 atom stereocenters. The van der Waals surface area contributed by atoms with Crippen molar-refractivity contribution < 1.29 is 9.59 Å². The van der Waals surface area contributed by atoms with Gasteiger partial charge < -0.3 is 20.4 Å². The van der Waals surface area contributed by atoms with E-state index in [-0.39, 0.29) is 11.6 Å². The van der Waals surface area contributed by atoms with E-state index < -0.39 is 11.8 Å². The second-order valence-electron chi connectivity index (χ2n) is 8.12. The number of carbonyl (C=O) groups excluding carboxylic acids is 2. The van der Waals surface area contributed by atoms with E-state index in [0.29, 0.717) is 0 Å². The van der Waals surface area contributed by atoms with Crippen LogP contribution in [0.1, 0.15) is 0 Å². The van der Waals surface area contributed by atoms with Gasteiger partial charge in [-0.1, -0.05) is 24.3 Å². The van der Waals surface area contributed by atoms with Gasteiger partial charge >= 0.3 is 11.8 Å². The monoisotopic (exact) mass is 458 g/mol. The molecule has 2 heterocycles. The molecule has 0 saturated heterocycles. The summed E-state index contributed by atoms with van der Waals surface area (Å²) in [5, 5.41) is 18.9. The van der Waals surface area contributed by atoms with Crippen LogP contribution in [-0.2, 0) is 9.59 Å². The third-order valence-electron chi connectivity index (χ3n) is 5.23. The van der Waals surface area contributed by atoms with E-state index in [2.05, 4.69) is 31.0 Å². The van der Waals surface area contributed by atoms with E-state index in [9.17, 15) is 9.59 Å². The first-order valence-corrected chi connectivity index (χ1v) is 10.6. The fourth-order valence-electron chi connectivity index (χ4n) is 3.29. The Morgan fingerprint density at radius 1 is 0.647 bits per heavy atom. The van der Waals surface area contributed by atoms with Gasteiger partial charge in [0.05, 0.1) is 11.4 Å². The van der Waals surface area contributed by atoms with Crippen LogP contribution in [0.15, 0.2) is 60.7 Å². The van der Waals surface area contributed by atoms with E-state index in [4.69, 9.17) is 0 Å². The second kappa shape index (κ2) is 9.49. The van der Waals surface area contributed by atoms with Crippen molar-refractivity contribution in [1.29, 1.82) is 0 Å². The summed E-state index contributed by atoms with van der Waals surface area (Å²) in [6.07, 6.45) is 0. The van der Waals surface area contributed by atoms with Gasteiger partial charge in [-0.25, -0.2) is 0 Å². The Labute approximate surface area is 197 Å². The smallest absolute Gasteiger partial charge is 0.315 e. The number of nitrogens with zero attached hydrogens (tertiary/aromatic N) is 4. The molecular weight excluding hydrogens is 432 g/mol. The van der Waals surface area contributed by atoms with Crippen molar-refractivity contribution in [3.8, 4) is 22.5 Å². The minimum atomic E-state index is -0.846. The molecule has 0 fully saturated rings. The van der Waals surface area contributed by atoms with Crippen LogP contribution >= 0.6 is 0 Å². The largest absolute Gasteiger partial charge is 0.378 e. The summed E-state index contributed by atoms with van der Waals surface area (Å²) in [4.78, 5) is 28.7. The lowest BCUT2D eigenvalue weighted by Crippen LogP contribution is -2.29. The normalized spacial score (nSPS) is 10.6. The number of anilines is 4. The molecule has 4 aromatic rings. The molecule has 10 heteroatoms. The highest BCUT2D eigenvalue weighted by Crippen LogP contribution is 2.24. The van der Waals surface area contributed by atoms with Crippen LogP contribution in [0.2, 0.25) is 0 Å². The van der Waals surface area contributed by atoms with Crippen LogP contribution in [-0.4, -0.2) is 60.4 Å². The van der Waals surface area contributed by atoms with Crippen molar-refractivity contribution in [2.24, 2.45) is 0 Å². The molecule has 0 saturated carbocycles. The summed E-state index contributed by atoms with van der Waals surface area (Å²) >= 11 is 0. The van der Waals surface area contributed by atoms with E-state index in [1.807, 2.05) is 86.5 Å². The first-order chi connectivity index (χ1) is 16.3. The number of hydrogen-bond donors (Lipinski definition) is 4. The number of carbonyl (C=O) groups is 2. The maximum Gasteiger partial charge on any atom is 0.315 e. The Balaban J connectivity index is 1.36. The van der Waals surface area contributed by atoms with Crippen molar-refractivity contribution in [1.82, 2.24) is 20.4 Å². The Bertz CT molecular complexity index is 1190. The van der Waals surface area contributed by atoms with Crippen molar-refractivity contribution in [3.63, 3.8) is 0 Å². The lowest BCUT2D eigenvalue weighted by Gasteiger charge is -2.12. The Kier molecular flexibility index (Phi) is 6.30. The van der Waals surface area contributed by atoms with Crippen LogP contribution in [0.5, 0.6) is 0 Å². The van der Waals surface area contributed by atoms with Gasteiger partial charge in [0.15, 0.2) is 11.6 Å². The molecule has 0 bridgehead atoms. The van der Waals surface area contributed by atoms with Gasteiger partial charge in [0.1, 0.15) is 0 Å². The Morgan fingerprint density at radius 2 is 1.00 bits per heavy atom. The molecule has 0 unspecified atom stereocenters. The fourth-order valence-corrected chi connectivity index (χ4v) is 3.29. The highest BCUT2D eigenvalue weighted by Gasteiger charge is 2.17. The van der Waals surface area contributed by atoms with Crippen molar-refractivity contribution in [2.75, 3.05) is 48.6 Å². The van der Waals surface area contributed by atoms with E-state index in [0.717, 1.165) is 33.9 Å². The lowest BCUT2D eigenvalue weighted by atomic mass is 10.1. The molecule has 0 spiro atoms. The molecule has 0 aliphatic heterocycles. The maximum atomic E-state index is 12.3. The molecule has 0 aliphatic rings. The molecule has 34 heavy (non-hydrogen) atoms. The van der Waals surface area contributed by atoms with Gasteiger partial charge in [0, 0.05) is 51.7 Å². The zero-order valence-corrected chi connectivity index (χ0v) is 19.4. The molecule has 2 aromatic heterocycles. The fraction of sp³-hybridized carbons (Fsp3) is 0.167. The molecule has 4 rings (SSSR count). The SMILES string of the molecule is CN(C)c1ccc(-c2cc(NC(=O)C(=O)Nc3cc(-c4ccc(N(C)C)cc4)[nH]n3)n[nH]2)cc1.